The van der Waals surface area contributed by atoms with E-state index in [-0.39, 0.29) is 11.6 Å². The number of halogens is 2. The van der Waals surface area contributed by atoms with Gasteiger partial charge in [0, 0.05) is 44.7 Å². The summed E-state index contributed by atoms with van der Waals surface area (Å²) in [5.41, 5.74) is 8.59. The van der Waals surface area contributed by atoms with E-state index in [9.17, 15) is 0 Å². The Morgan fingerprint density at radius 3 is 2.58 bits per heavy atom. The summed E-state index contributed by atoms with van der Waals surface area (Å²) in [6.07, 6.45) is 3.78. The van der Waals surface area contributed by atoms with Crippen LogP contribution in [0.2, 0.25) is 10.0 Å². The Labute approximate surface area is 205 Å². The normalized spacial score (nSPS) is 17.5. The first-order chi connectivity index (χ1) is 15.8. The van der Waals surface area contributed by atoms with Crippen molar-refractivity contribution >= 4 is 40.1 Å². The van der Waals surface area contributed by atoms with Crippen molar-refractivity contribution in [2.75, 3.05) is 17.2 Å². The van der Waals surface area contributed by atoms with Crippen molar-refractivity contribution < 1.29 is 4.74 Å². The number of benzene rings is 3. The highest BCUT2D eigenvalue weighted by Crippen LogP contribution is 2.53. The van der Waals surface area contributed by atoms with Gasteiger partial charge in [0.1, 0.15) is 5.75 Å². The van der Waals surface area contributed by atoms with Crippen LogP contribution < -0.4 is 15.4 Å². The summed E-state index contributed by atoms with van der Waals surface area (Å²) >= 11 is 12.8. The minimum atomic E-state index is -0.348. The molecule has 168 valence electrons. The van der Waals surface area contributed by atoms with Gasteiger partial charge in [-0.2, -0.15) is 0 Å². The van der Waals surface area contributed by atoms with Gasteiger partial charge in [-0.15, -0.1) is 6.58 Å². The fraction of sp³-hybridized carbons (Fsp3) is 0.214. The van der Waals surface area contributed by atoms with E-state index in [1.54, 1.807) is 6.07 Å². The van der Waals surface area contributed by atoms with Crippen molar-refractivity contribution in [3.05, 3.63) is 94.0 Å². The van der Waals surface area contributed by atoms with Crippen LogP contribution in [0.4, 0.5) is 11.4 Å². The van der Waals surface area contributed by atoms with E-state index in [0.29, 0.717) is 16.6 Å². The molecule has 1 unspecified atom stereocenters. The molecule has 0 fully saturated rings. The Morgan fingerprint density at radius 1 is 1.09 bits per heavy atom. The maximum atomic E-state index is 6.70. The Balaban J connectivity index is 1.81. The van der Waals surface area contributed by atoms with Crippen molar-refractivity contribution in [2.24, 2.45) is 0 Å². The quantitative estimate of drug-likeness (QED) is 0.371. The molecule has 2 heterocycles. The number of nitrogens with one attached hydrogen (secondary N) is 2. The largest absolute Gasteiger partial charge is 0.480 e. The van der Waals surface area contributed by atoms with Gasteiger partial charge in [0.15, 0.2) is 6.10 Å². The highest BCUT2D eigenvalue weighted by atomic mass is 35.5. The first-order valence-electron chi connectivity index (χ1n) is 11.0. The van der Waals surface area contributed by atoms with E-state index in [1.165, 1.54) is 5.57 Å². The number of hydrogen-bond acceptors (Lipinski definition) is 3. The summed E-state index contributed by atoms with van der Waals surface area (Å²) in [6, 6.07) is 16.1. The van der Waals surface area contributed by atoms with Crippen LogP contribution in [0, 0.1) is 0 Å². The Morgan fingerprint density at radius 2 is 1.85 bits per heavy atom. The van der Waals surface area contributed by atoms with E-state index in [4.69, 9.17) is 27.9 Å². The highest BCUT2D eigenvalue weighted by molar-refractivity contribution is 6.34. The van der Waals surface area contributed by atoms with Gasteiger partial charge in [0.05, 0.1) is 5.54 Å². The molecule has 0 saturated carbocycles. The lowest BCUT2D eigenvalue weighted by molar-refractivity contribution is 0.243. The Kier molecular flexibility index (Phi) is 5.43. The third-order valence-corrected chi connectivity index (χ3v) is 6.54. The third-order valence-electron chi connectivity index (χ3n) is 6.10. The minimum Gasteiger partial charge on any atom is -0.480 e. The van der Waals surface area contributed by atoms with Crippen LogP contribution in [0.5, 0.6) is 5.75 Å². The van der Waals surface area contributed by atoms with Crippen molar-refractivity contribution in [1.29, 1.82) is 0 Å². The summed E-state index contributed by atoms with van der Waals surface area (Å²) in [4.78, 5) is 0. The third kappa shape index (κ3) is 3.90. The SMILES string of the molecule is C=CCNc1cccc2c1-c1ccc3c(c1C(c1cc(Cl)cc(Cl)c1)O2)C(C)=CC(C)(C)N3. The van der Waals surface area contributed by atoms with E-state index < -0.39 is 0 Å². The van der Waals surface area contributed by atoms with Gasteiger partial charge in [0.25, 0.3) is 0 Å². The van der Waals surface area contributed by atoms with Crippen LogP contribution in [0.1, 0.15) is 43.6 Å². The zero-order chi connectivity index (χ0) is 23.3. The average molecular weight is 477 g/mol. The van der Waals surface area contributed by atoms with Gasteiger partial charge in [0.2, 0.25) is 0 Å². The van der Waals surface area contributed by atoms with Gasteiger partial charge >= 0.3 is 0 Å². The summed E-state index contributed by atoms with van der Waals surface area (Å²) in [7, 11) is 0. The average Bonchev–Trinajstić information content (AvgIpc) is 2.74. The smallest absolute Gasteiger partial charge is 0.150 e. The van der Waals surface area contributed by atoms with Crippen LogP contribution in [-0.2, 0) is 0 Å². The molecule has 2 aliphatic heterocycles. The lowest BCUT2D eigenvalue weighted by Gasteiger charge is -2.37. The van der Waals surface area contributed by atoms with E-state index in [1.807, 2.05) is 30.3 Å². The van der Waals surface area contributed by atoms with Gasteiger partial charge in [-0.1, -0.05) is 47.5 Å². The molecule has 2 N–H and O–H groups in total. The van der Waals surface area contributed by atoms with E-state index in [2.05, 4.69) is 62.3 Å². The van der Waals surface area contributed by atoms with Crippen molar-refractivity contribution in [1.82, 2.24) is 0 Å². The maximum Gasteiger partial charge on any atom is 0.150 e. The molecule has 0 spiro atoms. The maximum absolute atomic E-state index is 6.70. The van der Waals surface area contributed by atoms with Gasteiger partial charge in [-0.3, -0.25) is 0 Å². The van der Waals surface area contributed by atoms with Crippen molar-refractivity contribution in [3.8, 4) is 16.9 Å². The molecule has 0 aliphatic carbocycles. The van der Waals surface area contributed by atoms with Crippen molar-refractivity contribution in [3.63, 3.8) is 0 Å². The lowest BCUT2D eigenvalue weighted by Crippen LogP contribution is -2.32. The fourth-order valence-electron chi connectivity index (χ4n) is 5.02. The number of fused-ring (bicyclic) bond motifs is 5. The number of hydrogen-bond donors (Lipinski definition) is 2. The topological polar surface area (TPSA) is 33.3 Å². The zero-order valence-corrected chi connectivity index (χ0v) is 20.4. The lowest BCUT2D eigenvalue weighted by atomic mass is 9.80. The second-order valence-corrected chi connectivity index (χ2v) is 10.0. The van der Waals surface area contributed by atoms with Crippen LogP contribution in [0.15, 0.2) is 67.3 Å². The van der Waals surface area contributed by atoms with Crippen LogP contribution in [0.3, 0.4) is 0 Å². The second kappa shape index (κ2) is 8.16. The molecule has 0 bridgehead atoms. The highest BCUT2D eigenvalue weighted by Gasteiger charge is 2.35. The predicted molar refractivity (Wildman–Crippen MR) is 141 cm³/mol. The molecule has 3 aromatic carbocycles. The van der Waals surface area contributed by atoms with Crippen LogP contribution >= 0.6 is 23.2 Å². The summed E-state index contributed by atoms with van der Waals surface area (Å²) < 4.78 is 6.70. The summed E-state index contributed by atoms with van der Waals surface area (Å²) in [5.74, 6) is 0.823. The summed E-state index contributed by atoms with van der Waals surface area (Å²) in [5, 5.41) is 8.32. The molecule has 0 amide bonds. The second-order valence-electron chi connectivity index (χ2n) is 9.17. The first kappa shape index (κ1) is 21.9. The number of anilines is 2. The molecule has 33 heavy (non-hydrogen) atoms. The van der Waals surface area contributed by atoms with Crippen LogP contribution in [0.25, 0.3) is 16.7 Å². The molecule has 0 saturated heterocycles. The van der Waals surface area contributed by atoms with Gasteiger partial charge in [-0.05, 0) is 73.9 Å². The number of allylic oxidation sites excluding steroid dienone is 1. The molecule has 5 rings (SSSR count). The zero-order valence-electron chi connectivity index (χ0n) is 18.9. The van der Waals surface area contributed by atoms with E-state index >= 15 is 0 Å². The fourth-order valence-corrected chi connectivity index (χ4v) is 5.56. The number of rotatable bonds is 4. The molecule has 3 aromatic rings. The number of ether oxygens (including phenoxy) is 1. The van der Waals surface area contributed by atoms with Gasteiger partial charge < -0.3 is 15.4 Å². The monoisotopic (exact) mass is 476 g/mol. The standard InChI is InChI=1S/C28H26Cl2N2O/c1-5-11-31-21-7-6-8-23-25(21)20-9-10-22-24(16(2)15-28(3,4)32-22)26(20)27(33-23)17-12-18(29)14-19(30)13-17/h5-10,12-15,27,31-32H,1,11H2,2-4H3. The molecular weight excluding hydrogens is 451 g/mol. The molecular formula is C28H26Cl2N2O. The van der Waals surface area contributed by atoms with Gasteiger partial charge in [-0.25, -0.2) is 0 Å². The molecule has 5 heteroatoms. The Hall–Kier alpha value is -2.88. The molecule has 1 atom stereocenters. The molecule has 2 aliphatic rings. The first-order valence-corrected chi connectivity index (χ1v) is 11.8. The molecule has 3 nitrogen and oxygen atoms in total. The predicted octanol–water partition coefficient (Wildman–Crippen LogP) is 8.35. The molecule has 0 aromatic heterocycles. The van der Waals surface area contributed by atoms with Crippen LogP contribution in [-0.4, -0.2) is 12.1 Å². The Bertz CT molecular complexity index is 1290. The van der Waals surface area contributed by atoms with E-state index in [0.717, 1.165) is 44.9 Å². The minimum absolute atomic E-state index is 0.135. The van der Waals surface area contributed by atoms with Crippen molar-refractivity contribution in [2.45, 2.75) is 32.4 Å². The summed E-state index contributed by atoms with van der Waals surface area (Å²) in [6.45, 7) is 11.0. The molecule has 0 radical (unpaired) electrons.